The molecule has 1 heterocycles. The smallest absolute Gasteiger partial charge is 0.337 e. The van der Waals surface area contributed by atoms with Crippen molar-refractivity contribution in [3.05, 3.63) is 28.7 Å². The van der Waals surface area contributed by atoms with Crippen LogP contribution < -0.4 is 16.7 Å². The number of nitrogens with one attached hydrogen (secondary N) is 1. The first-order valence-electron chi connectivity index (χ1n) is 13.0. The van der Waals surface area contributed by atoms with Crippen molar-refractivity contribution in [2.75, 3.05) is 6.26 Å². The Balaban J connectivity index is 0.00000227. The zero-order valence-corrected chi connectivity index (χ0v) is 24.8. The van der Waals surface area contributed by atoms with Crippen molar-refractivity contribution in [1.29, 1.82) is 0 Å². The molecule has 0 fully saturated rings. The number of carbonyl (C=O) groups excluding carboxylic acids is 2. The molecular formula is C27H48N4O4S. The van der Waals surface area contributed by atoms with E-state index < -0.39 is 39.9 Å². The largest absolute Gasteiger partial charge is 0.368 e. The van der Waals surface area contributed by atoms with E-state index in [1.54, 1.807) is 49.8 Å². The summed E-state index contributed by atoms with van der Waals surface area (Å²) in [6.07, 6.45) is 5.88. The van der Waals surface area contributed by atoms with Crippen LogP contribution in [0.5, 0.6) is 0 Å². The van der Waals surface area contributed by atoms with Crippen LogP contribution >= 0.6 is 0 Å². The highest BCUT2D eigenvalue weighted by Crippen LogP contribution is 2.22. The second-order valence-electron chi connectivity index (χ2n) is 9.94. The molecule has 2 aromatic rings. The first-order chi connectivity index (χ1) is 16.8. The van der Waals surface area contributed by atoms with Crippen molar-refractivity contribution in [3.63, 3.8) is 0 Å². The van der Waals surface area contributed by atoms with Gasteiger partial charge in [-0.1, -0.05) is 81.6 Å². The van der Waals surface area contributed by atoms with Crippen molar-refractivity contribution in [2.45, 2.75) is 105 Å². The highest BCUT2D eigenvalue weighted by Gasteiger charge is 2.32. The second kappa shape index (κ2) is 15.6. The first kappa shape index (κ1) is 33.6. The first-order valence-corrected chi connectivity index (χ1v) is 14.5. The van der Waals surface area contributed by atoms with Crippen molar-refractivity contribution in [3.8, 4) is 0 Å². The highest BCUT2D eigenvalue weighted by atomic mass is 32.2. The van der Waals surface area contributed by atoms with Gasteiger partial charge in [-0.15, -0.1) is 0 Å². The Morgan fingerprint density at radius 1 is 1.11 bits per heavy atom. The number of unbranched alkanes of at least 4 members (excludes halogenated alkanes) is 1. The SMILES string of the molecule is CC.CCC.CCCCC(C)Cn1c(=O)n(C(=O)N[C@H](C(N)=O)C(C)(C)C)c2ccc(S(C)=O)cc21. The summed E-state index contributed by atoms with van der Waals surface area (Å²) in [5.41, 5.74) is 5.32. The van der Waals surface area contributed by atoms with E-state index in [-0.39, 0.29) is 5.92 Å². The molecule has 3 atom stereocenters. The van der Waals surface area contributed by atoms with Gasteiger partial charge >= 0.3 is 11.7 Å². The minimum atomic E-state index is -1.23. The summed E-state index contributed by atoms with van der Waals surface area (Å²) in [6.45, 7) is 18.2. The van der Waals surface area contributed by atoms with Crippen LogP contribution in [0.15, 0.2) is 27.9 Å². The molecule has 0 bridgehead atoms. The number of carbonyl (C=O) groups is 2. The Kier molecular flexibility index (Phi) is 14.6. The van der Waals surface area contributed by atoms with Crippen LogP contribution in [0.2, 0.25) is 0 Å². The Hall–Kier alpha value is -2.42. The molecule has 2 unspecified atom stereocenters. The van der Waals surface area contributed by atoms with Crippen LogP contribution in [-0.4, -0.2) is 37.6 Å². The lowest BCUT2D eigenvalue weighted by Crippen LogP contribution is -2.54. The van der Waals surface area contributed by atoms with Gasteiger partial charge in [0.2, 0.25) is 5.91 Å². The average molecular weight is 525 g/mol. The number of amides is 2. The van der Waals surface area contributed by atoms with Gasteiger partial charge in [0.1, 0.15) is 6.04 Å². The standard InChI is InChI=1S/C22H34N4O4S.C3H8.C2H6/c1-7-8-9-14(2)13-25-17-12-15(31(6)30)10-11-16(17)26(21(25)29)20(28)24-18(19(23)27)22(3,4)5;1-3-2;1-2/h10-12,14,18H,7-9,13H2,1-6H3,(H2,23,27)(H,24,28);3H2,1-2H3;1-2H3/t14?,18-,31?;;/m1../s1. The summed E-state index contributed by atoms with van der Waals surface area (Å²) in [5.74, 6) is -0.446. The van der Waals surface area contributed by atoms with Crippen LogP contribution in [0.3, 0.4) is 0 Å². The van der Waals surface area contributed by atoms with E-state index in [0.717, 1.165) is 23.8 Å². The number of imidazole rings is 1. The molecule has 0 saturated carbocycles. The summed E-state index contributed by atoms with van der Waals surface area (Å²) < 4.78 is 14.6. The van der Waals surface area contributed by atoms with E-state index in [4.69, 9.17) is 5.73 Å². The number of benzene rings is 1. The van der Waals surface area contributed by atoms with Crippen LogP contribution in [0.4, 0.5) is 4.79 Å². The molecule has 2 amide bonds. The normalized spacial score (nSPS) is 13.5. The van der Waals surface area contributed by atoms with E-state index in [1.165, 1.54) is 6.42 Å². The van der Waals surface area contributed by atoms with E-state index in [1.807, 2.05) is 13.8 Å². The van der Waals surface area contributed by atoms with Crippen LogP contribution in [-0.2, 0) is 22.1 Å². The molecule has 36 heavy (non-hydrogen) atoms. The predicted octanol–water partition coefficient (Wildman–Crippen LogP) is 5.27. The lowest BCUT2D eigenvalue weighted by atomic mass is 9.86. The maximum absolute atomic E-state index is 13.3. The molecule has 3 N–H and O–H groups in total. The molecule has 1 aromatic heterocycles. The lowest BCUT2D eigenvalue weighted by Gasteiger charge is -2.28. The molecule has 1 aromatic carbocycles. The fourth-order valence-electron chi connectivity index (χ4n) is 3.64. The second-order valence-corrected chi connectivity index (χ2v) is 11.3. The van der Waals surface area contributed by atoms with Gasteiger partial charge in [0.05, 0.1) is 11.0 Å². The van der Waals surface area contributed by atoms with E-state index in [0.29, 0.717) is 22.5 Å². The van der Waals surface area contributed by atoms with Gasteiger partial charge in [-0.3, -0.25) is 13.6 Å². The zero-order chi connectivity index (χ0) is 28.2. The number of fused-ring (bicyclic) bond motifs is 1. The highest BCUT2D eigenvalue weighted by molar-refractivity contribution is 7.84. The van der Waals surface area contributed by atoms with Gasteiger partial charge in [-0.2, -0.15) is 0 Å². The molecule has 0 radical (unpaired) electrons. The number of nitrogens with two attached hydrogens (primary N) is 1. The maximum Gasteiger partial charge on any atom is 0.337 e. The minimum absolute atomic E-state index is 0.225. The molecule has 206 valence electrons. The number of primary amides is 1. The quantitative estimate of drug-likeness (QED) is 0.489. The summed E-state index contributed by atoms with van der Waals surface area (Å²) in [4.78, 5) is 38.9. The lowest BCUT2D eigenvalue weighted by molar-refractivity contribution is -0.122. The van der Waals surface area contributed by atoms with Gasteiger partial charge in [0.15, 0.2) is 0 Å². The van der Waals surface area contributed by atoms with Crippen molar-refractivity contribution < 1.29 is 13.8 Å². The average Bonchev–Trinajstić information content (AvgIpc) is 3.07. The number of hydrogen-bond acceptors (Lipinski definition) is 4. The van der Waals surface area contributed by atoms with Crippen molar-refractivity contribution in [2.24, 2.45) is 17.1 Å². The Bertz CT molecular complexity index is 1070. The number of nitrogens with zero attached hydrogens (tertiary/aromatic N) is 2. The Morgan fingerprint density at radius 3 is 2.11 bits per heavy atom. The third kappa shape index (κ3) is 9.22. The summed E-state index contributed by atoms with van der Waals surface area (Å²) >= 11 is 0. The van der Waals surface area contributed by atoms with Crippen molar-refractivity contribution >= 4 is 33.8 Å². The summed E-state index contributed by atoms with van der Waals surface area (Å²) in [6, 6.07) is 3.30. The van der Waals surface area contributed by atoms with E-state index in [2.05, 4.69) is 33.0 Å². The van der Waals surface area contributed by atoms with Gasteiger partial charge in [0, 0.05) is 28.5 Å². The third-order valence-corrected chi connectivity index (χ3v) is 6.32. The van der Waals surface area contributed by atoms with Crippen LogP contribution in [0, 0.1) is 11.3 Å². The molecule has 9 heteroatoms. The fraction of sp³-hybridized carbons (Fsp3) is 0.667. The summed E-state index contributed by atoms with van der Waals surface area (Å²) in [5, 5.41) is 2.62. The van der Waals surface area contributed by atoms with E-state index >= 15 is 0 Å². The number of aromatic nitrogens is 2. The molecule has 0 aliphatic rings. The van der Waals surface area contributed by atoms with Gasteiger partial charge in [0.25, 0.3) is 0 Å². The summed E-state index contributed by atoms with van der Waals surface area (Å²) in [7, 11) is -1.23. The van der Waals surface area contributed by atoms with Gasteiger partial charge < -0.3 is 11.1 Å². The Morgan fingerprint density at radius 2 is 1.67 bits per heavy atom. The minimum Gasteiger partial charge on any atom is -0.368 e. The van der Waals surface area contributed by atoms with Gasteiger partial charge in [-0.05, 0) is 36.0 Å². The van der Waals surface area contributed by atoms with Gasteiger partial charge in [-0.25, -0.2) is 14.2 Å². The maximum atomic E-state index is 13.3. The van der Waals surface area contributed by atoms with Crippen LogP contribution in [0.1, 0.15) is 88.0 Å². The molecule has 0 aliphatic carbocycles. The molecule has 0 saturated heterocycles. The van der Waals surface area contributed by atoms with Crippen LogP contribution in [0.25, 0.3) is 11.0 Å². The number of hydrogen-bond donors (Lipinski definition) is 2. The molecule has 2 rings (SSSR count). The zero-order valence-electron chi connectivity index (χ0n) is 23.9. The van der Waals surface area contributed by atoms with E-state index in [9.17, 15) is 18.6 Å². The number of rotatable bonds is 8. The monoisotopic (exact) mass is 524 g/mol. The molecular weight excluding hydrogens is 476 g/mol. The fourth-order valence-corrected chi connectivity index (χ4v) is 4.18. The predicted molar refractivity (Wildman–Crippen MR) is 151 cm³/mol. The topological polar surface area (TPSA) is 116 Å². The molecule has 0 aliphatic heterocycles. The Labute approximate surface area is 219 Å². The third-order valence-electron chi connectivity index (χ3n) is 5.40. The van der Waals surface area contributed by atoms with Crippen molar-refractivity contribution in [1.82, 2.24) is 14.5 Å². The molecule has 0 spiro atoms. The molecule has 8 nitrogen and oxygen atoms in total.